The van der Waals surface area contributed by atoms with Crippen molar-refractivity contribution in [3.8, 4) is 11.3 Å². The van der Waals surface area contributed by atoms with Crippen molar-refractivity contribution in [3.05, 3.63) is 54.2 Å². The molecule has 3 heterocycles. The summed E-state index contributed by atoms with van der Waals surface area (Å²) in [7, 11) is 6.01. The standard InChI is InChI=1S/C20H23N7/c1-13-18(14(2)26(5)24-13)17-12-22-20-19(21-9-10-27(17)20)23-15-7-6-8-16(11-15)25(3)4/h6-12H,1-5H3,(H,21,23). The quantitative estimate of drug-likeness (QED) is 0.602. The number of aryl methyl sites for hydroxylation is 2. The molecule has 4 aromatic rings. The van der Waals surface area contributed by atoms with Gasteiger partial charge in [0, 0.05) is 56.2 Å². The van der Waals surface area contributed by atoms with Gasteiger partial charge in [-0.1, -0.05) is 6.07 Å². The van der Waals surface area contributed by atoms with Crippen LogP contribution in [-0.4, -0.2) is 38.2 Å². The smallest absolute Gasteiger partial charge is 0.180 e. The molecule has 7 heteroatoms. The van der Waals surface area contributed by atoms with Gasteiger partial charge < -0.3 is 10.2 Å². The van der Waals surface area contributed by atoms with Gasteiger partial charge in [0.25, 0.3) is 0 Å². The molecular formula is C20H23N7. The van der Waals surface area contributed by atoms with E-state index in [1.54, 1.807) is 6.20 Å². The summed E-state index contributed by atoms with van der Waals surface area (Å²) in [5.74, 6) is 0.721. The van der Waals surface area contributed by atoms with Gasteiger partial charge in [0.1, 0.15) is 0 Å². The molecule has 0 amide bonds. The highest BCUT2D eigenvalue weighted by atomic mass is 15.3. The van der Waals surface area contributed by atoms with E-state index in [0.29, 0.717) is 0 Å². The Kier molecular flexibility index (Phi) is 4.07. The van der Waals surface area contributed by atoms with E-state index in [1.165, 1.54) is 0 Å². The molecule has 1 aromatic carbocycles. The number of anilines is 3. The lowest BCUT2D eigenvalue weighted by Crippen LogP contribution is -2.08. The zero-order valence-corrected chi connectivity index (χ0v) is 16.2. The van der Waals surface area contributed by atoms with Crippen LogP contribution in [0.25, 0.3) is 16.9 Å². The van der Waals surface area contributed by atoms with E-state index in [-0.39, 0.29) is 0 Å². The summed E-state index contributed by atoms with van der Waals surface area (Å²) in [6.45, 7) is 4.09. The van der Waals surface area contributed by atoms with Gasteiger partial charge in [0.2, 0.25) is 0 Å². The Labute approximate surface area is 158 Å². The van der Waals surface area contributed by atoms with Crippen molar-refractivity contribution in [1.29, 1.82) is 0 Å². The first-order valence-corrected chi connectivity index (χ1v) is 8.82. The highest BCUT2D eigenvalue weighted by molar-refractivity contribution is 5.76. The number of rotatable bonds is 4. The second-order valence-electron chi connectivity index (χ2n) is 6.85. The Morgan fingerprint density at radius 3 is 2.63 bits per heavy atom. The largest absolute Gasteiger partial charge is 0.378 e. The second-order valence-corrected chi connectivity index (χ2v) is 6.85. The monoisotopic (exact) mass is 361 g/mol. The highest BCUT2D eigenvalue weighted by Crippen LogP contribution is 2.29. The number of nitrogens with one attached hydrogen (secondary N) is 1. The molecular weight excluding hydrogens is 338 g/mol. The fraction of sp³-hybridized carbons (Fsp3) is 0.250. The molecule has 0 radical (unpaired) electrons. The van der Waals surface area contributed by atoms with Crippen molar-refractivity contribution in [1.82, 2.24) is 24.1 Å². The number of hydrogen-bond donors (Lipinski definition) is 1. The number of hydrogen-bond acceptors (Lipinski definition) is 5. The average Bonchev–Trinajstić information content (AvgIpc) is 3.16. The predicted octanol–water partition coefficient (Wildman–Crippen LogP) is 3.56. The Morgan fingerprint density at radius 2 is 1.93 bits per heavy atom. The van der Waals surface area contributed by atoms with E-state index in [4.69, 9.17) is 0 Å². The minimum atomic E-state index is 0.721. The maximum Gasteiger partial charge on any atom is 0.180 e. The van der Waals surface area contributed by atoms with Gasteiger partial charge in [-0.05, 0) is 32.0 Å². The molecule has 27 heavy (non-hydrogen) atoms. The number of aromatic nitrogens is 5. The van der Waals surface area contributed by atoms with Crippen molar-refractivity contribution < 1.29 is 0 Å². The van der Waals surface area contributed by atoms with Crippen molar-refractivity contribution in [2.24, 2.45) is 7.05 Å². The minimum Gasteiger partial charge on any atom is -0.378 e. The van der Waals surface area contributed by atoms with Crippen molar-refractivity contribution in [3.63, 3.8) is 0 Å². The molecule has 7 nitrogen and oxygen atoms in total. The van der Waals surface area contributed by atoms with Crippen molar-refractivity contribution in [2.45, 2.75) is 13.8 Å². The van der Waals surface area contributed by atoms with E-state index < -0.39 is 0 Å². The Balaban J connectivity index is 1.78. The van der Waals surface area contributed by atoms with E-state index in [1.807, 2.05) is 57.3 Å². The number of fused-ring (bicyclic) bond motifs is 1. The Hall–Kier alpha value is -3.35. The maximum atomic E-state index is 4.63. The third kappa shape index (κ3) is 2.91. The van der Waals surface area contributed by atoms with Crippen LogP contribution in [0.2, 0.25) is 0 Å². The van der Waals surface area contributed by atoms with Crippen molar-refractivity contribution in [2.75, 3.05) is 24.3 Å². The molecule has 138 valence electrons. The molecule has 1 N–H and O–H groups in total. The zero-order valence-electron chi connectivity index (χ0n) is 16.2. The molecule has 0 saturated heterocycles. The van der Waals surface area contributed by atoms with Crippen LogP contribution in [0.3, 0.4) is 0 Å². The lowest BCUT2D eigenvalue weighted by molar-refractivity contribution is 0.731. The lowest BCUT2D eigenvalue weighted by atomic mass is 10.1. The first-order chi connectivity index (χ1) is 13.0. The van der Waals surface area contributed by atoms with Crippen molar-refractivity contribution >= 4 is 22.8 Å². The Morgan fingerprint density at radius 1 is 1.11 bits per heavy atom. The molecule has 0 atom stereocenters. The number of nitrogens with zero attached hydrogens (tertiary/aromatic N) is 6. The van der Waals surface area contributed by atoms with Gasteiger partial charge in [-0.3, -0.25) is 9.08 Å². The predicted molar refractivity (Wildman–Crippen MR) is 109 cm³/mol. The first kappa shape index (κ1) is 17.1. The molecule has 0 aliphatic rings. The number of benzene rings is 1. The molecule has 0 saturated carbocycles. The van der Waals surface area contributed by atoms with Crippen LogP contribution in [0.1, 0.15) is 11.4 Å². The molecule has 0 aliphatic carbocycles. The van der Waals surface area contributed by atoms with Crippen LogP contribution in [-0.2, 0) is 7.05 Å². The van der Waals surface area contributed by atoms with Crippen LogP contribution in [0.15, 0.2) is 42.9 Å². The normalized spacial score (nSPS) is 11.1. The third-order valence-electron chi connectivity index (χ3n) is 4.82. The van der Waals surface area contributed by atoms with E-state index >= 15 is 0 Å². The van der Waals surface area contributed by atoms with Gasteiger partial charge in [0.15, 0.2) is 11.5 Å². The average molecular weight is 361 g/mol. The molecule has 0 unspecified atom stereocenters. The summed E-state index contributed by atoms with van der Waals surface area (Å²) in [5, 5.41) is 7.93. The van der Waals surface area contributed by atoms with Crippen LogP contribution in [0, 0.1) is 13.8 Å². The Bertz CT molecular complexity index is 1120. The summed E-state index contributed by atoms with van der Waals surface area (Å²) in [6.07, 6.45) is 5.61. The van der Waals surface area contributed by atoms with Gasteiger partial charge >= 0.3 is 0 Å². The molecule has 3 aromatic heterocycles. The summed E-state index contributed by atoms with van der Waals surface area (Å²) in [4.78, 5) is 11.2. The molecule has 0 spiro atoms. The molecule has 0 aliphatic heterocycles. The molecule has 0 bridgehead atoms. The third-order valence-corrected chi connectivity index (χ3v) is 4.82. The minimum absolute atomic E-state index is 0.721. The SMILES string of the molecule is Cc1nn(C)c(C)c1-c1cnc2c(Nc3cccc(N(C)C)c3)nccn12. The summed E-state index contributed by atoms with van der Waals surface area (Å²) in [5.41, 5.74) is 7.10. The van der Waals surface area contributed by atoms with Crippen LogP contribution in [0.4, 0.5) is 17.2 Å². The fourth-order valence-electron chi connectivity index (χ4n) is 3.34. The highest BCUT2D eigenvalue weighted by Gasteiger charge is 2.17. The fourth-order valence-corrected chi connectivity index (χ4v) is 3.34. The van der Waals surface area contributed by atoms with Crippen LogP contribution in [0.5, 0.6) is 0 Å². The molecule has 4 rings (SSSR count). The zero-order chi connectivity index (χ0) is 19.1. The lowest BCUT2D eigenvalue weighted by Gasteiger charge is -2.14. The van der Waals surface area contributed by atoms with E-state index in [2.05, 4.69) is 48.7 Å². The van der Waals surface area contributed by atoms with Gasteiger partial charge in [-0.15, -0.1) is 0 Å². The van der Waals surface area contributed by atoms with E-state index in [9.17, 15) is 0 Å². The topological polar surface area (TPSA) is 63.3 Å². The second kappa shape index (κ2) is 6.42. The summed E-state index contributed by atoms with van der Waals surface area (Å²) >= 11 is 0. The molecule has 0 fully saturated rings. The van der Waals surface area contributed by atoms with Crippen LogP contribution < -0.4 is 10.2 Å². The number of imidazole rings is 1. The summed E-state index contributed by atoms with van der Waals surface area (Å²) in [6, 6.07) is 8.21. The van der Waals surface area contributed by atoms with Crippen LogP contribution >= 0.6 is 0 Å². The van der Waals surface area contributed by atoms with Gasteiger partial charge in [-0.25, -0.2) is 9.97 Å². The first-order valence-electron chi connectivity index (χ1n) is 8.82. The van der Waals surface area contributed by atoms with Gasteiger partial charge in [0.05, 0.1) is 17.6 Å². The van der Waals surface area contributed by atoms with E-state index in [0.717, 1.165) is 45.5 Å². The maximum absolute atomic E-state index is 4.63. The summed E-state index contributed by atoms with van der Waals surface area (Å²) < 4.78 is 3.96. The van der Waals surface area contributed by atoms with Gasteiger partial charge in [-0.2, -0.15) is 5.10 Å².